The predicted molar refractivity (Wildman–Crippen MR) is 67.1 cm³/mol. The van der Waals surface area contributed by atoms with E-state index in [-0.39, 0.29) is 11.8 Å². The molecule has 0 aliphatic carbocycles. The highest BCUT2D eigenvalue weighted by Gasteiger charge is 2.34. The van der Waals surface area contributed by atoms with Crippen LogP contribution in [-0.4, -0.2) is 37.3 Å². The van der Waals surface area contributed by atoms with Crippen LogP contribution in [0.3, 0.4) is 0 Å². The number of aromatic hydroxyl groups is 1. The first-order chi connectivity index (χ1) is 8.58. The van der Waals surface area contributed by atoms with Crippen LogP contribution in [-0.2, 0) is 0 Å². The molecule has 2 rings (SSSR count). The van der Waals surface area contributed by atoms with Crippen LogP contribution in [0.4, 0.5) is 4.39 Å². The molecule has 5 heteroatoms. The van der Waals surface area contributed by atoms with Gasteiger partial charge in [0.2, 0.25) is 0 Å². The molecule has 2 atom stereocenters. The lowest BCUT2D eigenvalue weighted by Gasteiger charge is -2.22. The molecule has 1 saturated heterocycles. The van der Waals surface area contributed by atoms with E-state index < -0.39 is 5.82 Å². The monoisotopic (exact) mass is 254 g/mol. The summed E-state index contributed by atoms with van der Waals surface area (Å²) in [5.74, 6) is 0.135. The Morgan fingerprint density at radius 3 is 2.83 bits per heavy atom. The minimum atomic E-state index is -0.400. The van der Waals surface area contributed by atoms with Gasteiger partial charge in [-0.1, -0.05) is 0 Å². The molecule has 3 N–H and O–H groups in total. The highest BCUT2D eigenvalue weighted by atomic mass is 19.1. The molecule has 1 aromatic carbocycles. The van der Waals surface area contributed by atoms with Crippen molar-refractivity contribution in [3.8, 4) is 11.5 Å². The van der Waals surface area contributed by atoms with Crippen molar-refractivity contribution in [1.82, 2.24) is 4.90 Å². The second-order valence-corrected chi connectivity index (χ2v) is 4.80. The van der Waals surface area contributed by atoms with E-state index in [1.54, 1.807) is 0 Å². The van der Waals surface area contributed by atoms with Gasteiger partial charge in [-0.15, -0.1) is 0 Å². The van der Waals surface area contributed by atoms with E-state index in [0.717, 1.165) is 13.0 Å². The fourth-order valence-corrected chi connectivity index (χ4v) is 2.66. The van der Waals surface area contributed by atoms with Crippen LogP contribution < -0.4 is 10.5 Å². The summed E-state index contributed by atoms with van der Waals surface area (Å²) in [7, 11) is 3.37. The van der Waals surface area contributed by atoms with Gasteiger partial charge in [0.25, 0.3) is 0 Å². The highest BCUT2D eigenvalue weighted by Crippen LogP contribution is 2.42. The number of benzene rings is 1. The second-order valence-electron chi connectivity index (χ2n) is 4.80. The molecule has 0 radical (unpaired) electrons. The number of hydrogen-bond acceptors (Lipinski definition) is 4. The predicted octanol–water partition coefficient (Wildman–Crippen LogP) is 1.49. The molecule has 1 aliphatic rings. The zero-order chi connectivity index (χ0) is 13.3. The third kappa shape index (κ3) is 2.15. The Balaban J connectivity index is 2.38. The van der Waals surface area contributed by atoms with E-state index in [9.17, 15) is 9.50 Å². The van der Waals surface area contributed by atoms with Crippen molar-refractivity contribution >= 4 is 0 Å². The average molecular weight is 254 g/mol. The molecule has 100 valence electrons. The van der Waals surface area contributed by atoms with Crippen molar-refractivity contribution < 1.29 is 14.2 Å². The maximum atomic E-state index is 13.9. The van der Waals surface area contributed by atoms with E-state index in [4.69, 9.17) is 10.5 Å². The Hall–Kier alpha value is -1.33. The standard InChI is InChI=1S/C13H19FN2O2/c1-16-7-8(6-15)5-10(16)12-9(14)3-4-11(18-2)13(12)17/h3-4,8,10,17H,5-7,15H2,1-2H3. The lowest BCUT2D eigenvalue weighted by Crippen LogP contribution is -2.21. The molecule has 0 spiro atoms. The van der Waals surface area contributed by atoms with Crippen molar-refractivity contribution in [1.29, 1.82) is 0 Å². The van der Waals surface area contributed by atoms with Crippen LogP contribution in [0, 0.1) is 11.7 Å². The maximum absolute atomic E-state index is 13.9. The number of hydrogen-bond donors (Lipinski definition) is 2. The van der Waals surface area contributed by atoms with E-state index in [1.807, 2.05) is 11.9 Å². The molecular formula is C13H19FN2O2. The van der Waals surface area contributed by atoms with Crippen LogP contribution >= 0.6 is 0 Å². The average Bonchev–Trinajstić information content (AvgIpc) is 2.71. The molecule has 1 fully saturated rings. The van der Waals surface area contributed by atoms with Gasteiger partial charge in [-0.2, -0.15) is 0 Å². The Morgan fingerprint density at radius 1 is 1.56 bits per heavy atom. The van der Waals surface area contributed by atoms with E-state index in [0.29, 0.717) is 23.8 Å². The van der Waals surface area contributed by atoms with Crippen LogP contribution in [0.15, 0.2) is 12.1 Å². The van der Waals surface area contributed by atoms with Gasteiger partial charge in [-0.3, -0.25) is 4.90 Å². The summed E-state index contributed by atoms with van der Waals surface area (Å²) in [6.45, 7) is 1.39. The smallest absolute Gasteiger partial charge is 0.165 e. The Kier molecular flexibility index (Phi) is 3.73. The minimum Gasteiger partial charge on any atom is -0.504 e. The fraction of sp³-hybridized carbons (Fsp3) is 0.538. The first-order valence-corrected chi connectivity index (χ1v) is 6.04. The summed E-state index contributed by atoms with van der Waals surface area (Å²) in [5.41, 5.74) is 5.97. The zero-order valence-corrected chi connectivity index (χ0v) is 10.7. The number of rotatable bonds is 3. The van der Waals surface area contributed by atoms with Gasteiger partial charge in [0.05, 0.1) is 12.7 Å². The number of phenolic OH excluding ortho intramolecular Hbond substituents is 1. The van der Waals surface area contributed by atoms with Gasteiger partial charge in [0, 0.05) is 12.6 Å². The van der Waals surface area contributed by atoms with Crippen LogP contribution in [0.25, 0.3) is 0 Å². The van der Waals surface area contributed by atoms with Crippen molar-refractivity contribution in [2.75, 3.05) is 27.2 Å². The number of methoxy groups -OCH3 is 1. The van der Waals surface area contributed by atoms with Crippen LogP contribution in [0.5, 0.6) is 11.5 Å². The van der Waals surface area contributed by atoms with Crippen molar-refractivity contribution in [2.45, 2.75) is 12.5 Å². The van der Waals surface area contributed by atoms with Gasteiger partial charge in [-0.25, -0.2) is 4.39 Å². The molecule has 1 heterocycles. The number of phenols is 1. The van der Waals surface area contributed by atoms with Gasteiger partial charge in [0.1, 0.15) is 5.82 Å². The van der Waals surface area contributed by atoms with Gasteiger partial charge in [-0.05, 0) is 38.1 Å². The summed E-state index contributed by atoms with van der Waals surface area (Å²) < 4.78 is 19.0. The van der Waals surface area contributed by atoms with Crippen molar-refractivity contribution in [2.24, 2.45) is 11.7 Å². The first kappa shape index (κ1) is 13.1. The molecular weight excluding hydrogens is 235 g/mol. The number of nitrogens with two attached hydrogens (primary N) is 1. The summed E-state index contributed by atoms with van der Waals surface area (Å²) in [6.07, 6.45) is 0.755. The second kappa shape index (κ2) is 5.12. The SMILES string of the molecule is COc1ccc(F)c(C2CC(CN)CN2C)c1O. The molecule has 0 saturated carbocycles. The third-order valence-corrected chi connectivity index (χ3v) is 3.65. The summed E-state index contributed by atoms with van der Waals surface area (Å²) >= 11 is 0. The molecule has 1 aromatic rings. The molecule has 4 nitrogen and oxygen atoms in total. The van der Waals surface area contributed by atoms with E-state index >= 15 is 0 Å². The summed E-state index contributed by atoms with van der Waals surface area (Å²) in [4.78, 5) is 2.02. The molecule has 18 heavy (non-hydrogen) atoms. The van der Waals surface area contributed by atoms with Gasteiger partial charge < -0.3 is 15.6 Å². The number of halogens is 1. The van der Waals surface area contributed by atoms with Crippen molar-refractivity contribution in [3.05, 3.63) is 23.5 Å². The lowest BCUT2D eigenvalue weighted by molar-refractivity contribution is 0.292. The fourth-order valence-electron chi connectivity index (χ4n) is 2.66. The third-order valence-electron chi connectivity index (χ3n) is 3.65. The van der Waals surface area contributed by atoms with E-state index in [2.05, 4.69) is 0 Å². The van der Waals surface area contributed by atoms with Gasteiger partial charge in [0.15, 0.2) is 11.5 Å². The quantitative estimate of drug-likeness (QED) is 0.858. The Bertz CT molecular complexity index is 439. The largest absolute Gasteiger partial charge is 0.504 e. The number of nitrogens with zero attached hydrogens (tertiary/aromatic N) is 1. The summed E-state index contributed by atoms with van der Waals surface area (Å²) in [6, 6.07) is 2.62. The highest BCUT2D eigenvalue weighted by molar-refractivity contribution is 5.48. The topological polar surface area (TPSA) is 58.7 Å². The number of ether oxygens (including phenoxy) is 1. The Labute approximate surface area is 106 Å². The molecule has 0 aromatic heterocycles. The normalized spacial score (nSPS) is 24.4. The lowest BCUT2D eigenvalue weighted by atomic mass is 9.98. The first-order valence-electron chi connectivity index (χ1n) is 6.04. The van der Waals surface area contributed by atoms with E-state index in [1.165, 1.54) is 19.2 Å². The minimum absolute atomic E-state index is 0.105. The molecule has 0 amide bonds. The van der Waals surface area contributed by atoms with Crippen LogP contribution in [0.1, 0.15) is 18.0 Å². The molecule has 2 unspecified atom stereocenters. The summed E-state index contributed by atoms with van der Waals surface area (Å²) in [5, 5.41) is 10.1. The molecule has 0 bridgehead atoms. The zero-order valence-electron chi connectivity index (χ0n) is 10.7. The Morgan fingerprint density at radius 2 is 2.28 bits per heavy atom. The van der Waals surface area contributed by atoms with Crippen molar-refractivity contribution in [3.63, 3.8) is 0 Å². The van der Waals surface area contributed by atoms with Gasteiger partial charge >= 0.3 is 0 Å². The maximum Gasteiger partial charge on any atom is 0.165 e. The number of likely N-dealkylation sites (tertiary alicyclic amines) is 1. The van der Waals surface area contributed by atoms with Crippen LogP contribution in [0.2, 0.25) is 0 Å². The molecule has 1 aliphatic heterocycles.